The van der Waals surface area contributed by atoms with Crippen LogP contribution in [0.2, 0.25) is 0 Å². The third-order valence-corrected chi connectivity index (χ3v) is 3.31. The maximum Gasteiger partial charge on any atom is 0.126 e. The first-order valence-electron chi connectivity index (χ1n) is 6.86. The van der Waals surface area contributed by atoms with Gasteiger partial charge in [0.05, 0.1) is 6.04 Å². The van der Waals surface area contributed by atoms with E-state index < -0.39 is 0 Å². The second-order valence-corrected chi connectivity index (χ2v) is 4.95. The van der Waals surface area contributed by atoms with Gasteiger partial charge < -0.3 is 5.32 Å². The summed E-state index contributed by atoms with van der Waals surface area (Å²) < 4.78 is 27.2. The minimum Gasteiger partial charge on any atom is -0.306 e. The zero-order chi connectivity index (χ0) is 14.5. The second-order valence-electron chi connectivity index (χ2n) is 4.95. The van der Waals surface area contributed by atoms with E-state index in [1.165, 1.54) is 18.2 Å². The molecule has 0 heterocycles. The van der Waals surface area contributed by atoms with E-state index in [4.69, 9.17) is 0 Å². The van der Waals surface area contributed by atoms with Gasteiger partial charge in [-0.1, -0.05) is 31.2 Å². The van der Waals surface area contributed by atoms with Crippen molar-refractivity contribution in [2.24, 2.45) is 0 Å². The minimum atomic E-state index is -0.279. The molecule has 3 heteroatoms. The van der Waals surface area contributed by atoms with Crippen LogP contribution in [0.5, 0.6) is 0 Å². The summed E-state index contributed by atoms with van der Waals surface area (Å²) >= 11 is 0. The Morgan fingerprint density at radius 2 is 1.80 bits per heavy atom. The molecule has 2 aromatic carbocycles. The highest BCUT2D eigenvalue weighted by atomic mass is 19.1. The molecule has 2 rings (SSSR count). The van der Waals surface area contributed by atoms with Gasteiger partial charge >= 0.3 is 0 Å². The van der Waals surface area contributed by atoms with Gasteiger partial charge in [0.2, 0.25) is 0 Å². The van der Waals surface area contributed by atoms with Crippen LogP contribution in [0.15, 0.2) is 42.5 Å². The van der Waals surface area contributed by atoms with Gasteiger partial charge in [-0.05, 0) is 54.8 Å². The van der Waals surface area contributed by atoms with Gasteiger partial charge in [0.1, 0.15) is 11.6 Å². The molecule has 0 fully saturated rings. The Hall–Kier alpha value is -1.74. The zero-order valence-electron chi connectivity index (χ0n) is 11.8. The molecule has 0 aromatic heterocycles. The quantitative estimate of drug-likeness (QED) is 0.854. The zero-order valence-corrected chi connectivity index (χ0v) is 11.8. The van der Waals surface area contributed by atoms with E-state index in [0.717, 1.165) is 24.1 Å². The molecule has 0 saturated carbocycles. The summed E-state index contributed by atoms with van der Waals surface area (Å²) in [6.07, 6.45) is 0.958. The van der Waals surface area contributed by atoms with Gasteiger partial charge in [0, 0.05) is 0 Å². The molecule has 20 heavy (non-hydrogen) atoms. The molecule has 0 amide bonds. The standard InChI is InChI=1S/C17H19F2N/c1-3-9-20-17(13-5-4-6-15(18)10-13)14-8-7-12(2)16(19)11-14/h4-8,10-11,17,20H,3,9H2,1-2H3. The predicted molar refractivity (Wildman–Crippen MR) is 77.7 cm³/mol. The molecule has 0 saturated heterocycles. The average Bonchev–Trinajstić information content (AvgIpc) is 2.43. The number of halogens is 2. The lowest BCUT2D eigenvalue weighted by atomic mass is 9.97. The van der Waals surface area contributed by atoms with Crippen LogP contribution in [-0.2, 0) is 0 Å². The SMILES string of the molecule is CCCNC(c1cccc(F)c1)c1ccc(C)c(F)c1. The molecule has 0 spiro atoms. The van der Waals surface area contributed by atoms with Crippen molar-refractivity contribution in [2.45, 2.75) is 26.3 Å². The van der Waals surface area contributed by atoms with Crippen LogP contribution in [0.1, 0.15) is 36.1 Å². The van der Waals surface area contributed by atoms with Crippen LogP contribution in [0, 0.1) is 18.6 Å². The predicted octanol–water partition coefficient (Wildman–Crippen LogP) is 4.36. The van der Waals surface area contributed by atoms with Crippen LogP contribution in [0.25, 0.3) is 0 Å². The maximum absolute atomic E-state index is 13.8. The summed E-state index contributed by atoms with van der Waals surface area (Å²) in [5.74, 6) is -0.513. The Balaban J connectivity index is 2.38. The van der Waals surface area contributed by atoms with Crippen LogP contribution in [0.4, 0.5) is 8.78 Å². The molecular weight excluding hydrogens is 256 g/mol. The van der Waals surface area contributed by atoms with Gasteiger partial charge in [-0.25, -0.2) is 8.78 Å². The van der Waals surface area contributed by atoms with Crippen molar-refractivity contribution >= 4 is 0 Å². The van der Waals surface area contributed by atoms with Crippen molar-refractivity contribution < 1.29 is 8.78 Å². The number of nitrogens with one attached hydrogen (secondary N) is 1. The van der Waals surface area contributed by atoms with Crippen LogP contribution in [0.3, 0.4) is 0 Å². The fourth-order valence-corrected chi connectivity index (χ4v) is 2.19. The summed E-state index contributed by atoms with van der Waals surface area (Å²) in [6.45, 7) is 4.58. The van der Waals surface area contributed by atoms with E-state index in [1.54, 1.807) is 19.1 Å². The Bertz CT molecular complexity index is 581. The van der Waals surface area contributed by atoms with Crippen molar-refractivity contribution in [2.75, 3.05) is 6.54 Å². The average molecular weight is 275 g/mol. The Morgan fingerprint density at radius 1 is 1.05 bits per heavy atom. The minimum absolute atomic E-state index is 0.194. The first kappa shape index (κ1) is 14.7. The smallest absolute Gasteiger partial charge is 0.126 e. The summed E-state index contributed by atoms with van der Waals surface area (Å²) in [5.41, 5.74) is 2.23. The Kier molecular flexibility index (Phi) is 4.85. The van der Waals surface area contributed by atoms with E-state index in [1.807, 2.05) is 12.1 Å². The Morgan fingerprint density at radius 3 is 2.45 bits per heavy atom. The van der Waals surface area contributed by atoms with Crippen LogP contribution < -0.4 is 5.32 Å². The van der Waals surface area contributed by atoms with E-state index in [9.17, 15) is 8.78 Å². The molecule has 2 aromatic rings. The van der Waals surface area contributed by atoms with Gasteiger partial charge in [-0.3, -0.25) is 0 Å². The summed E-state index contributed by atoms with van der Waals surface area (Å²) in [7, 11) is 0. The molecule has 0 aliphatic heterocycles. The molecule has 1 atom stereocenters. The van der Waals surface area contributed by atoms with Crippen molar-refractivity contribution in [3.8, 4) is 0 Å². The van der Waals surface area contributed by atoms with E-state index >= 15 is 0 Å². The molecule has 0 aliphatic rings. The molecule has 0 bridgehead atoms. The number of hydrogen-bond acceptors (Lipinski definition) is 1. The summed E-state index contributed by atoms with van der Waals surface area (Å²) in [5, 5.41) is 3.34. The summed E-state index contributed by atoms with van der Waals surface area (Å²) in [6, 6.07) is 11.4. The van der Waals surface area contributed by atoms with Crippen molar-refractivity contribution in [3.63, 3.8) is 0 Å². The maximum atomic E-state index is 13.8. The first-order valence-corrected chi connectivity index (χ1v) is 6.86. The molecule has 106 valence electrons. The number of rotatable bonds is 5. The lowest BCUT2D eigenvalue weighted by Gasteiger charge is -2.20. The first-order chi connectivity index (χ1) is 9.61. The highest BCUT2D eigenvalue weighted by molar-refractivity contribution is 5.34. The number of benzene rings is 2. The van der Waals surface area contributed by atoms with Gasteiger partial charge in [-0.2, -0.15) is 0 Å². The lowest BCUT2D eigenvalue weighted by Crippen LogP contribution is -2.23. The monoisotopic (exact) mass is 275 g/mol. The topological polar surface area (TPSA) is 12.0 Å². The highest BCUT2D eigenvalue weighted by Crippen LogP contribution is 2.24. The lowest BCUT2D eigenvalue weighted by molar-refractivity contribution is 0.575. The van der Waals surface area contributed by atoms with E-state index in [0.29, 0.717) is 5.56 Å². The second kappa shape index (κ2) is 6.62. The van der Waals surface area contributed by atoms with Crippen LogP contribution >= 0.6 is 0 Å². The normalized spacial score (nSPS) is 12.4. The largest absolute Gasteiger partial charge is 0.306 e. The third-order valence-electron chi connectivity index (χ3n) is 3.31. The molecular formula is C17H19F2N. The third kappa shape index (κ3) is 3.42. The van der Waals surface area contributed by atoms with E-state index in [-0.39, 0.29) is 17.7 Å². The molecule has 0 radical (unpaired) electrons. The van der Waals surface area contributed by atoms with Crippen molar-refractivity contribution in [1.29, 1.82) is 0 Å². The van der Waals surface area contributed by atoms with Gasteiger partial charge in [0.25, 0.3) is 0 Å². The fourth-order valence-electron chi connectivity index (χ4n) is 2.19. The fraction of sp³-hybridized carbons (Fsp3) is 0.294. The van der Waals surface area contributed by atoms with Crippen molar-refractivity contribution in [3.05, 3.63) is 70.8 Å². The Labute approximate surface area is 118 Å². The van der Waals surface area contributed by atoms with Crippen molar-refractivity contribution in [1.82, 2.24) is 5.32 Å². The molecule has 1 nitrogen and oxygen atoms in total. The molecule has 0 aliphatic carbocycles. The van der Waals surface area contributed by atoms with Gasteiger partial charge in [-0.15, -0.1) is 0 Å². The van der Waals surface area contributed by atoms with Crippen LogP contribution in [-0.4, -0.2) is 6.54 Å². The molecule has 1 N–H and O–H groups in total. The summed E-state index contributed by atoms with van der Waals surface area (Å²) in [4.78, 5) is 0. The van der Waals surface area contributed by atoms with Gasteiger partial charge in [0.15, 0.2) is 0 Å². The van der Waals surface area contributed by atoms with E-state index in [2.05, 4.69) is 12.2 Å². The highest BCUT2D eigenvalue weighted by Gasteiger charge is 2.15. The number of hydrogen-bond donors (Lipinski definition) is 1. The molecule has 1 unspecified atom stereocenters. The number of aryl methyl sites for hydroxylation is 1.